The van der Waals surface area contributed by atoms with Crippen molar-refractivity contribution >= 4 is 11.6 Å². The summed E-state index contributed by atoms with van der Waals surface area (Å²) in [5.74, 6) is 0.122. The second kappa shape index (κ2) is 6.26. The smallest absolute Gasteiger partial charge is 0.228 e. The van der Waals surface area contributed by atoms with E-state index in [1.165, 1.54) is 6.42 Å². The Morgan fingerprint density at radius 3 is 2.95 bits per heavy atom. The van der Waals surface area contributed by atoms with Gasteiger partial charge in [-0.1, -0.05) is 6.07 Å². The first-order valence-corrected chi connectivity index (χ1v) is 7.61. The fourth-order valence-electron chi connectivity index (χ4n) is 2.78. The summed E-state index contributed by atoms with van der Waals surface area (Å²) in [5, 5.41) is 9.00. The van der Waals surface area contributed by atoms with Crippen LogP contribution < -0.4 is 0 Å². The molecule has 0 aromatic carbocycles. The third kappa shape index (κ3) is 3.08. The number of fused-ring (bicyclic) bond motifs is 1. The summed E-state index contributed by atoms with van der Waals surface area (Å²) in [6.45, 7) is 0.776. The number of aromatic nitrogens is 2. The maximum Gasteiger partial charge on any atom is 0.228 e. The lowest BCUT2D eigenvalue weighted by Gasteiger charge is -2.37. The van der Waals surface area contributed by atoms with Crippen LogP contribution in [0.25, 0.3) is 5.65 Å². The standard InChI is InChI=1S/C16H21N3O2/c20-10-4-9-19(14-5-3-6-14)16(21)11-13-12-18-8-2-1-7-15(18)17-13/h1-2,7-8,12,14,20H,3-6,9-11H2. The molecule has 2 aromatic rings. The first kappa shape index (κ1) is 14.1. The van der Waals surface area contributed by atoms with Gasteiger partial charge in [-0.15, -0.1) is 0 Å². The lowest BCUT2D eigenvalue weighted by Crippen LogP contribution is -2.45. The highest BCUT2D eigenvalue weighted by molar-refractivity contribution is 5.79. The van der Waals surface area contributed by atoms with Crippen LogP contribution in [0.4, 0.5) is 0 Å². The molecule has 1 amide bonds. The number of rotatable bonds is 6. The number of nitrogens with zero attached hydrogens (tertiary/aromatic N) is 3. The van der Waals surface area contributed by atoms with Gasteiger partial charge in [0.1, 0.15) is 5.65 Å². The number of hydrogen-bond donors (Lipinski definition) is 1. The average Bonchev–Trinajstić information content (AvgIpc) is 2.83. The monoisotopic (exact) mass is 287 g/mol. The highest BCUT2D eigenvalue weighted by Gasteiger charge is 2.28. The lowest BCUT2D eigenvalue weighted by molar-refractivity contribution is -0.134. The molecule has 1 fully saturated rings. The van der Waals surface area contributed by atoms with Gasteiger partial charge in [0.25, 0.3) is 0 Å². The first-order chi connectivity index (χ1) is 10.3. The Labute approximate surface area is 124 Å². The van der Waals surface area contributed by atoms with E-state index < -0.39 is 0 Å². The second-order valence-corrected chi connectivity index (χ2v) is 5.62. The van der Waals surface area contributed by atoms with Crippen LogP contribution in [-0.4, -0.2) is 44.5 Å². The molecule has 1 aliphatic rings. The molecular formula is C16H21N3O2. The maximum atomic E-state index is 12.5. The molecule has 0 radical (unpaired) electrons. The van der Waals surface area contributed by atoms with Crippen LogP contribution in [0.1, 0.15) is 31.4 Å². The number of carbonyl (C=O) groups is 1. The lowest BCUT2D eigenvalue weighted by atomic mass is 9.91. The Hall–Kier alpha value is -1.88. The fraction of sp³-hybridized carbons (Fsp3) is 0.500. The van der Waals surface area contributed by atoms with Crippen LogP contribution in [0.3, 0.4) is 0 Å². The number of hydrogen-bond acceptors (Lipinski definition) is 3. The molecule has 1 saturated carbocycles. The second-order valence-electron chi connectivity index (χ2n) is 5.62. The van der Waals surface area contributed by atoms with Crippen LogP contribution in [0, 0.1) is 0 Å². The SMILES string of the molecule is O=C(Cc1cn2ccccc2n1)N(CCCO)C1CCC1. The molecule has 112 valence electrons. The van der Waals surface area contributed by atoms with E-state index in [0.29, 0.717) is 25.4 Å². The van der Waals surface area contributed by atoms with E-state index in [1.54, 1.807) is 0 Å². The topological polar surface area (TPSA) is 57.8 Å². The minimum Gasteiger partial charge on any atom is -0.396 e. The molecule has 5 nitrogen and oxygen atoms in total. The predicted octanol–water partition coefficient (Wildman–Crippen LogP) is 1.64. The summed E-state index contributed by atoms with van der Waals surface area (Å²) in [7, 11) is 0. The summed E-state index contributed by atoms with van der Waals surface area (Å²) in [6, 6.07) is 6.18. The number of aliphatic hydroxyl groups excluding tert-OH is 1. The summed E-state index contributed by atoms with van der Waals surface area (Å²) in [5.41, 5.74) is 1.67. The van der Waals surface area contributed by atoms with Crippen molar-refractivity contribution in [2.45, 2.75) is 38.1 Å². The molecule has 0 spiro atoms. The maximum absolute atomic E-state index is 12.5. The van der Waals surface area contributed by atoms with Crippen molar-refractivity contribution in [2.24, 2.45) is 0 Å². The molecule has 1 N–H and O–H groups in total. The number of aliphatic hydroxyl groups is 1. The van der Waals surface area contributed by atoms with Crippen LogP contribution in [-0.2, 0) is 11.2 Å². The zero-order chi connectivity index (χ0) is 14.7. The summed E-state index contributed by atoms with van der Waals surface area (Å²) >= 11 is 0. The van der Waals surface area contributed by atoms with E-state index in [0.717, 1.165) is 24.2 Å². The average molecular weight is 287 g/mol. The minimum atomic E-state index is 0.122. The van der Waals surface area contributed by atoms with Gasteiger partial charge in [-0.2, -0.15) is 0 Å². The molecule has 1 aliphatic carbocycles. The Bertz CT molecular complexity index is 586. The third-order valence-corrected chi connectivity index (χ3v) is 4.14. The summed E-state index contributed by atoms with van der Waals surface area (Å²) in [6.07, 6.45) is 8.20. The molecule has 0 saturated heterocycles. The number of carbonyl (C=O) groups excluding carboxylic acids is 1. The first-order valence-electron chi connectivity index (χ1n) is 7.61. The molecule has 3 rings (SSSR count). The highest BCUT2D eigenvalue weighted by atomic mass is 16.3. The molecule has 0 atom stereocenters. The van der Waals surface area contributed by atoms with E-state index in [1.807, 2.05) is 39.9 Å². The zero-order valence-electron chi connectivity index (χ0n) is 12.1. The third-order valence-electron chi connectivity index (χ3n) is 4.14. The van der Waals surface area contributed by atoms with Gasteiger partial charge in [-0.3, -0.25) is 4.79 Å². The minimum absolute atomic E-state index is 0.122. The fourth-order valence-corrected chi connectivity index (χ4v) is 2.78. The van der Waals surface area contributed by atoms with Gasteiger partial charge in [-0.05, 0) is 37.8 Å². The van der Waals surface area contributed by atoms with Gasteiger partial charge < -0.3 is 14.4 Å². The van der Waals surface area contributed by atoms with Crippen LogP contribution in [0.15, 0.2) is 30.6 Å². The largest absolute Gasteiger partial charge is 0.396 e. The van der Waals surface area contributed by atoms with Crippen molar-refractivity contribution in [3.63, 3.8) is 0 Å². The Balaban J connectivity index is 1.70. The van der Waals surface area contributed by atoms with Crippen molar-refractivity contribution in [1.82, 2.24) is 14.3 Å². The van der Waals surface area contributed by atoms with Gasteiger partial charge in [0.15, 0.2) is 0 Å². The van der Waals surface area contributed by atoms with Crippen molar-refractivity contribution in [1.29, 1.82) is 0 Å². The number of imidazole rings is 1. The molecule has 5 heteroatoms. The molecule has 2 aromatic heterocycles. The van der Waals surface area contributed by atoms with Gasteiger partial charge in [0.2, 0.25) is 5.91 Å². The quantitative estimate of drug-likeness (QED) is 0.878. The van der Waals surface area contributed by atoms with E-state index in [-0.39, 0.29) is 12.5 Å². The van der Waals surface area contributed by atoms with Gasteiger partial charge in [0.05, 0.1) is 12.1 Å². The molecule has 2 heterocycles. The van der Waals surface area contributed by atoms with E-state index in [9.17, 15) is 4.79 Å². The van der Waals surface area contributed by atoms with Gasteiger partial charge in [-0.25, -0.2) is 4.98 Å². The van der Waals surface area contributed by atoms with Gasteiger partial charge >= 0.3 is 0 Å². The van der Waals surface area contributed by atoms with E-state index in [4.69, 9.17) is 5.11 Å². The molecule has 21 heavy (non-hydrogen) atoms. The predicted molar refractivity (Wildman–Crippen MR) is 80.0 cm³/mol. The number of amides is 1. The van der Waals surface area contributed by atoms with E-state index in [2.05, 4.69) is 4.98 Å². The molecule has 0 unspecified atom stereocenters. The normalized spacial score (nSPS) is 15.1. The van der Waals surface area contributed by atoms with Crippen LogP contribution in [0.5, 0.6) is 0 Å². The van der Waals surface area contributed by atoms with Crippen molar-refractivity contribution in [3.05, 3.63) is 36.3 Å². The molecule has 0 aliphatic heterocycles. The number of pyridine rings is 1. The Kier molecular flexibility index (Phi) is 4.20. The summed E-state index contributed by atoms with van der Waals surface area (Å²) < 4.78 is 1.93. The van der Waals surface area contributed by atoms with Gasteiger partial charge in [0, 0.05) is 31.6 Å². The van der Waals surface area contributed by atoms with Crippen LogP contribution in [0.2, 0.25) is 0 Å². The summed E-state index contributed by atoms with van der Waals surface area (Å²) in [4.78, 5) is 18.9. The zero-order valence-corrected chi connectivity index (χ0v) is 12.1. The molecular weight excluding hydrogens is 266 g/mol. The molecule has 0 bridgehead atoms. The van der Waals surface area contributed by atoms with Crippen molar-refractivity contribution in [3.8, 4) is 0 Å². The van der Waals surface area contributed by atoms with Crippen molar-refractivity contribution in [2.75, 3.05) is 13.2 Å². The Morgan fingerprint density at radius 1 is 1.43 bits per heavy atom. The van der Waals surface area contributed by atoms with E-state index >= 15 is 0 Å². The highest BCUT2D eigenvalue weighted by Crippen LogP contribution is 2.25. The van der Waals surface area contributed by atoms with Crippen molar-refractivity contribution < 1.29 is 9.90 Å². The van der Waals surface area contributed by atoms with Crippen LogP contribution >= 0.6 is 0 Å². The Morgan fingerprint density at radius 2 is 2.29 bits per heavy atom.